The number of methoxy groups -OCH3 is 3. The van der Waals surface area contributed by atoms with Crippen molar-refractivity contribution in [2.75, 3.05) is 79.4 Å². The topological polar surface area (TPSA) is 196 Å². The molecule has 6 atom stereocenters. The number of unbranched alkanes of at least 4 members (excludes halogenated alkanes) is 2. The van der Waals surface area contributed by atoms with Crippen LogP contribution in [-0.4, -0.2) is 124 Å². The number of carbonyl (C=O) groups is 2. The second kappa shape index (κ2) is 22.7. The maximum atomic E-state index is 13.8. The van der Waals surface area contributed by atoms with Gasteiger partial charge in [0.25, 0.3) is 0 Å². The molecule has 6 unspecified atom stereocenters. The SMILES string of the molecule is C=CCOC12Oc3ccc(OC(=O)Nc4ccc(OC)cc4OC)cc3C3C(CCCCO)C(CCCCO)C=C(C(=NOCC)CC1N(CCOCCO)C(=O)OC)C32. The normalized spacial score (nSPS) is 23.3. The van der Waals surface area contributed by atoms with Crippen molar-refractivity contribution in [2.24, 2.45) is 22.9 Å². The van der Waals surface area contributed by atoms with Crippen LogP contribution in [0.4, 0.5) is 15.3 Å². The summed E-state index contributed by atoms with van der Waals surface area (Å²) in [5.41, 5.74) is 2.62. The molecule has 60 heavy (non-hydrogen) atoms. The minimum atomic E-state index is -1.52. The van der Waals surface area contributed by atoms with Crippen LogP contribution in [0, 0.1) is 17.8 Å². The maximum Gasteiger partial charge on any atom is 0.417 e. The number of amides is 2. The van der Waals surface area contributed by atoms with Crippen molar-refractivity contribution in [3.63, 3.8) is 0 Å². The molecule has 16 heteroatoms. The van der Waals surface area contributed by atoms with Crippen LogP contribution in [0.5, 0.6) is 23.0 Å². The predicted molar refractivity (Wildman–Crippen MR) is 223 cm³/mol. The van der Waals surface area contributed by atoms with Gasteiger partial charge in [0.05, 0.1) is 65.1 Å². The number of ether oxygens (including phenoxy) is 7. The number of oxime groups is 1. The lowest BCUT2D eigenvalue weighted by atomic mass is 9.55. The molecular weight excluding hydrogens is 778 g/mol. The quantitative estimate of drug-likeness (QED) is 0.0575. The first-order valence-corrected chi connectivity index (χ1v) is 20.7. The number of nitrogens with one attached hydrogen (secondary N) is 1. The Balaban J connectivity index is 1.70. The van der Waals surface area contributed by atoms with E-state index in [-0.39, 0.29) is 76.1 Å². The van der Waals surface area contributed by atoms with Gasteiger partial charge < -0.3 is 53.3 Å². The Hall–Kier alpha value is -4.87. The van der Waals surface area contributed by atoms with Crippen molar-refractivity contribution in [1.82, 2.24) is 4.90 Å². The molecule has 330 valence electrons. The number of allylic oxidation sites excluding steroid dienone is 1. The van der Waals surface area contributed by atoms with E-state index in [9.17, 15) is 24.9 Å². The summed E-state index contributed by atoms with van der Waals surface area (Å²) in [4.78, 5) is 34.6. The molecule has 0 radical (unpaired) electrons. The van der Waals surface area contributed by atoms with Crippen LogP contribution in [0.25, 0.3) is 0 Å². The van der Waals surface area contributed by atoms with Gasteiger partial charge in [-0.3, -0.25) is 10.2 Å². The molecule has 5 rings (SSSR count). The number of aliphatic hydroxyl groups is 3. The van der Waals surface area contributed by atoms with Gasteiger partial charge in [-0.25, -0.2) is 9.59 Å². The fourth-order valence-electron chi connectivity index (χ4n) is 8.82. The number of carbonyl (C=O) groups excluding carboxylic acids is 2. The minimum Gasteiger partial charge on any atom is -0.497 e. The van der Waals surface area contributed by atoms with E-state index in [4.69, 9.17) is 38.0 Å². The van der Waals surface area contributed by atoms with Crippen LogP contribution >= 0.6 is 0 Å². The summed E-state index contributed by atoms with van der Waals surface area (Å²) < 4.78 is 41.8. The van der Waals surface area contributed by atoms with E-state index >= 15 is 0 Å². The lowest BCUT2D eigenvalue weighted by Gasteiger charge is -2.59. The summed E-state index contributed by atoms with van der Waals surface area (Å²) in [6.07, 6.45) is 6.85. The summed E-state index contributed by atoms with van der Waals surface area (Å²) in [6.45, 7) is 6.34. The number of nitrogens with zero attached hydrogens (tertiary/aromatic N) is 2. The number of fused-ring (bicyclic) bond motifs is 2. The van der Waals surface area contributed by atoms with Crippen molar-refractivity contribution < 1.29 is 62.9 Å². The van der Waals surface area contributed by atoms with Gasteiger partial charge in [0, 0.05) is 43.7 Å². The van der Waals surface area contributed by atoms with Crippen LogP contribution in [0.3, 0.4) is 0 Å². The predicted octanol–water partition coefficient (Wildman–Crippen LogP) is 6.05. The summed E-state index contributed by atoms with van der Waals surface area (Å²) in [7, 11) is 4.34. The highest BCUT2D eigenvalue weighted by molar-refractivity contribution is 6.03. The number of anilines is 1. The van der Waals surface area contributed by atoms with Crippen molar-refractivity contribution >= 4 is 23.6 Å². The van der Waals surface area contributed by atoms with E-state index in [0.717, 1.165) is 30.4 Å². The molecule has 0 saturated heterocycles. The average molecular weight is 840 g/mol. The second-order valence-corrected chi connectivity index (χ2v) is 14.8. The first kappa shape index (κ1) is 46.2. The average Bonchev–Trinajstić information content (AvgIpc) is 3.26. The molecule has 0 spiro atoms. The standard InChI is InChI=1S/C44H61N3O13/c1-6-22-57-44-39(47(43(52)55-5)18-23-56-24-21-50)28-36(46-58-7-2)33-25-29(12-8-10-19-48)32(13-9-11-20-49)40(41(33)44)34-26-31(15-17-37(34)60-44)59-42(51)45-35-16-14-30(53-3)27-38(35)54-4/h6,14-17,25-27,29,32,39-41,48-50H,1,7-13,18-24,28H2,2-5H3,(H,45,51). The van der Waals surface area contributed by atoms with Gasteiger partial charge in [-0.15, -0.1) is 6.58 Å². The zero-order valence-corrected chi connectivity index (χ0v) is 35.1. The molecule has 16 nitrogen and oxygen atoms in total. The number of aliphatic hydroxyl groups excluding tert-OH is 3. The Labute approximate surface area is 352 Å². The first-order chi connectivity index (χ1) is 29.2. The first-order valence-electron chi connectivity index (χ1n) is 20.7. The van der Waals surface area contributed by atoms with Gasteiger partial charge in [0.2, 0.25) is 5.79 Å². The molecule has 3 aliphatic rings. The lowest BCUT2D eigenvalue weighted by molar-refractivity contribution is -0.255. The molecular formula is C44H61N3O13. The van der Waals surface area contributed by atoms with Crippen molar-refractivity contribution in [3.8, 4) is 23.0 Å². The van der Waals surface area contributed by atoms with Gasteiger partial charge in [0.15, 0.2) is 0 Å². The third-order valence-corrected chi connectivity index (χ3v) is 11.3. The molecule has 1 heterocycles. The van der Waals surface area contributed by atoms with E-state index in [1.54, 1.807) is 36.4 Å². The molecule has 1 saturated carbocycles. The molecule has 0 bridgehead atoms. The Morgan fingerprint density at radius 3 is 2.43 bits per heavy atom. The summed E-state index contributed by atoms with van der Waals surface area (Å²) in [5.74, 6) is -0.849. The molecule has 1 aliphatic heterocycles. The molecule has 1 fully saturated rings. The lowest BCUT2D eigenvalue weighted by Crippen LogP contribution is -2.70. The van der Waals surface area contributed by atoms with E-state index in [2.05, 4.69) is 23.1 Å². The Morgan fingerprint density at radius 2 is 1.75 bits per heavy atom. The largest absolute Gasteiger partial charge is 0.497 e. The monoisotopic (exact) mass is 839 g/mol. The summed E-state index contributed by atoms with van der Waals surface area (Å²) in [6, 6.07) is 9.38. The maximum absolute atomic E-state index is 13.8. The van der Waals surface area contributed by atoms with Crippen molar-refractivity contribution in [3.05, 3.63) is 66.3 Å². The third-order valence-electron chi connectivity index (χ3n) is 11.3. The van der Waals surface area contributed by atoms with Gasteiger partial charge in [-0.05, 0) is 80.3 Å². The Morgan fingerprint density at radius 1 is 0.983 bits per heavy atom. The molecule has 2 aromatic carbocycles. The van der Waals surface area contributed by atoms with E-state index in [1.807, 2.05) is 13.0 Å². The van der Waals surface area contributed by atoms with Gasteiger partial charge in [0.1, 0.15) is 35.6 Å². The smallest absolute Gasteiger partial charge is 0.417 e. The highest BCUT2D eigenvalue weighted by Gasteiger charge is 2.65. The minimum absolute atomic E-state index is 0.00285. The number of benzene rings is 2. The highest BCUT2D eigenvalue weighted by atomic mass is 16.7. The third kappa shape index (κ3) is 10.5. The number of hydrogen-bond acceptors (Lipinski definition) is 14. The zero-order valence-electron chi connectivity index (χ0n) is 35.1. The van der Waals surface area contributed by atoms with Crippen LogP contribution in [0.1, 0.15) is 63.4 Å². The zero-order chi connectivity index (χ0) is 43.1. The summed E-state index contributed by atoms with van der Waals surface area (Å²) >= 11 is 0. The number of hydrogen-bond donors (Lipinski definition) is 4. The molecule has 0 aromatic heterocycles. The van der Waals surface area contributed by atoms with Gasteiger partial charge in [-0.2, -0.15) is 0 Å². The highest BCUT2D eigenvalue weighted by Crippen LogP contribution is 2.62. The van der Waals surface area contributed by atoms with Crippen LogP contribution in [0.15, 0.2) is 65.9 Å². The number of rotatable bonds is 23. The molecule has 2 aliphatic carbocycles. The fourth-order valence-corrected chi connectivity index (χ4v) is 8.82. The van der Waals surface area contributed by atoms with Crippen LogP contribution in [-0.2, 0) is 19.0 Å². The molecule has 2 amide bonds. The fraction of sp³-hybridized carbons (Fsp3) is 0.568. The van der Waals surface area contributed by atoms with Crippen molar-refractivity contribution in [1.29, 1.82) is 0 Å². The van der Waals surface area contributed by atoms with Crippen LogP contribution in [0.2, 0.25) is 0 Å². The van der Waals surface area contributed by atoms with Crippen LogP contribution < -0.4 is 24.3 Å². The van der Waals surface area contributed by atoms with Crippen molar-refractivity contribution in [2.45, 2.75) is 69.6 Å². The summed E-state index contributed by atoms with van der Waals surface area (Å²) in [5, 5.41) is 36.5. The second-order valence-electron chi connectivity index (χ2n) is 14.8. The van der Waals surface area contributed by atoms with E-state index < -0.39 is 29.9 Å². The van der Waals surface area contributed by atoms with E-state index in [0.29, 0.717) is 54.5 Å². The molecule has 4 N–H and O–H groups in total. The van der Waals surface area contributed by atoms with Gasteiger partial charge in [-0.1, -0.05) is 30.1 Å². The Kier molecular flexibility index (Phi) is 17.4. The van der Waals surface area contributed by atoms with E-state index in [1.165, 1.54) is 26.2 Å². The Bertz CT molecular complexity index is 1800. The van der Waals surface area contributed by atoms with Gasteiger partial charge >= 0.3 is 12.2 Å². The molecule has 2 aromatic rings.